The molecular formula is C12H23ClN2O2S. The summed E-state index contributed by atoms with van der Waals surface area (Å²) in [5.74, 6) is 1.87. The van der Waals surface area contributed by atoms with Gasteiger partial charge in [0, 0.05) is 38.5 Å². The maximum Gasteiger partial charge on any atom is 0.232 e. The third-order valence-electron chi connectivity index (χ3n) is 3.27. The summed E-state index contributed by atoms with van der Waals surface area (Å²) < 4.78 is 5.65. The molecule has 1 atom stereocenters. The number of nitrogens with one attached hydrogen (secondary N) is 1. The Bertz CT molecular complexity index is 244. The second-order valence-electron chi connectivity index (χ2n) is 4.63. The van der Waals surface area contributed by atoms with Crippen molar-refractivity contribution >= 4 is 30.1 Å². The number of carbonyl (C=O) groups is 1. The molecule has 1 amide bonds. The average Bonchev–Trinajstić information content (AvgIpc) is 2.41. The zero-order valence-corrected chi connectivity index (χ0v) is 12.4. The van der Waals surface area contributed by atoms with E-state index in [1.54, 1.807) is 11.8 Å². The number of hydrogen-bond donors (Lipinski definition) is 1. The summed E-state index contributed by atoms with van der Waals surface area (Å²) in [6, 6.07) is 0. The molecule has 18 heavy (non-hydrogen) atoms. The summed E-state index contributed by atoms with van der Waals surface area (Å²) in [5.41, 5.74) is 0. The van der Waals surface area contributed by atoms with Crippen molar-refractivity contribution in [3.05, 3.63) is 0 Å². The van der Waals surface area contributed by atoms with Crippen molar-refractivity contribution in [2.75, 3.05) is 44.3 Å². The van der Waals surface area contributed by atoms with Crippen LogP contribution in [0, 0.1) is 0 Å². The minimum absolute atomic E-state index is 0. The van der Waals surface area contributed by atoms with Crippen LogP contribution in [0.2, 0.25) is 0 Å². The van der Waals surface area contributed by atoms with Gasteiger partial charge in [-0.25, -0.2) is 0 Å². The molecule has 6 heteroatoms. The molecule has 0 radical (unpaired) electrons. The van der Waals surface area contributed by atoms with Gasteiger partial charge < -0.3 is 15.0 Å². The summed E-state index contributed by atoms with van der Waals surface area (Å²) in [5, 5.41) is 3.26. The normalized spacial score (nSPS) is 24.4. The van der Waals surface area contributed by atoms with Crippen LogP contribution in [-0.2, 0) is 9.53 Å². The zero-order valence-electron chi connectivity index (χ0n) is 10.7. The van der Waals surface area contributed by atoms with Crippen LogP contribution in [0.5, 0.6) is 0 Å². The van der Waals surface area contributed by atoms with E-state index in [-0.39, 0.29) is 18.3 Å². The molecule has 106 valence electrons. The smallest absolute Gasteiger partial charge is 0.232 e. The van der Waals surface area contributed by atoms with Crippen LogP contribution in [0.1, 0.15) is 19.3 Å². The van der Waals surface area contributed by atoms with E-state index in [9.17, 15) is 4.79 Å². The predicted octanol–water partition coefficient (Wildman–Crippen LogP) is 1.14. The van der Waals surface area contributed by atoms with Crippen molar-refractivity contribution in [1.82, 2.24) is 10.2 Å². The Labute approximate surface area is 120 Å². The number of amides is 1. The molecule has 0 aromatic rings. The number of piperazine rings is 1. The number of carbonyl (C=O) groups excluding carboxylic acids is 1. The monoisotopic (exact) mass is 294 g/mol. The first-order chi connectivity index (χ1) is 8.36. The second-order valence-corrected chi connectivity index (χ2v) is 5.66. The highest BCUT2D eigenvalue weighted by atomic mass is 35.5. The SMILES string of the molecule is Cl.O=C(CSCC1CCCCO1)N1CCNCC1. The Morgan fingerprint density at radius 1 is 1.33 bits per heavy atom. The van der Waals surface area contributed by atoms with Crippen LogP contribution in [0.15, 0.2) is 0 Å². The van der Waals surface area contributed by atoms with Gasteiger partial charge >= 0.3 is 0 Å². The van der Waals surface area contributed by atoms with Gasteiger partial charge in [-0.3, -0.25) is 4.79 Å². The van der Waals surface area contributed by atoms with Gasteiger partial charge in [0.25, 0.3) is 0 Å². The molecule has 2 aliphatic heterocycles. The molecular weight excluding hydrogens is 272 g/mol. The van der Waals surface area contributed by atoms with Crippen LogP contribution < -0.4 is 5.32 Å². The van der Waals surface area contributed by atoms with Crippen LogP contribution in [0.3, 0.4) is 0 Å². The first kappa shape index (κ1) is 16.1. The van der Waals surface area contributed by atoms with Gasteiger partial charge in [-0.15, -0.1) is 24.2 Å². The number of ether oxygens (including phenoxy) is 1. The standard InChI is InChI=1S/C12H22N2O2S.ClH/c15-12(14-6-4-13-5-7-14)10-17-9-11-3-1-2-8-16-11;/h11,13H,1-10H2;1H. The lowest BCUT2D eigenvalue weighted by molar-refractivity contribution is -0.128. The number of thioether (sulfide) groups is 1. The molecule has 2 rings (SSSR count). The molecule has 1 unspecified atom stereocenters. The molecule has 0 aliphatic carbocycles. The third kappa shape index (κ3) is 5.34. The van der Waals surface area contributed by atoms with Gasteiger partial charge in [-0.05, 0) is 19.3 Å². The van der Waals surface area contributed by atoms with E-state index in [2.05, 4.69) is 5.32 Å². The van der Waals surface area contributed by atoms with E-state index >= 15 is 0 Å². The molecule has 0 saturated carbocycles. The maximum absolute atomic E-state index is 11.9. The highest BCUT2D eigenvalue weighted by molar-refractivity contribution is 7.99. The minimum atomic E-state index is 0. The van der Waals surface area contributed by atoms with Gasteiger partial charge in [0.2, 0.25) is 5.91 Å². The van der Waals surface area contributed by atoms with E-state index in [1.165, 1.54) is 12.8 Å². The van der Waals surface area contributed by atoms with E-state index in [4.69, 9.17) is 4.74 Å². The molecule has 0 aromatic heterocycles. The Kier molecular flexibility index (Phi) is 8.06. The number of halogens is 1. The van der Waals surface area contributed by atoms with E-state index in [0.29, 0.717) is 11.9 Å². The van der Waals surface area contributed by atoms with Crippen molar-refractivity contribution in [2.45, 2.75) is 25.4 Å². The van der Waals surface area contributed by atoms with Gasteiger partial charge in [0.1, 0.15) is 0 Å². The Balaban J connectivity index is 0.00000162. The first-order valence-electron chi connectivity index (χ1n) is 6.54. The summed E-state index contributed by atoms with van der Waals surface area (Å²) >= 11 is 1.72. The van der Waals surface area contributed by atoms with Crippen molar-refractivity contribution < 1.29 is 9.53 Å². The van der Waals surface area contributed by atoms with Crippen LogP contribution in [0.4, 0.5) is 0 Å². The number of hydrogen-bond acceptors (Lipinski definition) is 4. The second kappa shape index (κ2) is 9.02. The maximum atomic E-state index is 11.9. The topological polar surface area (TPSA) is 41.6 Å². The van der Waals surface area contributed by atoms with E-state index < -0.39 is 0 Å². The molecule has 0 bridgehead atoms. The van der Waals surface area contributed by atoms with Crippen molar-refractivity contribution in [3.63, 3.8) is 0 Å². The van der Waals surface area contributed by atoms with Gasteiger partial charge in [-0.2, -0.15) is 0 Å². The van der Waals surface area contributed by atoms with Gasteiger partial charge in [-0.1, -0.05) is 0 Å². The quantitative estimate of drug-likeness (QED) is 0.844. The van der Waals surface area contributed by atoms with Gasteiger partial charge in [0.05, 0.1) is 11.9 Å². The Hall–Kier alpha value is 0.0300. The molecule has 2 saturated heterocycles. The third-order valence-corrected chi connectivity index (χ3v) is 4.33. The van der Waals surface area contributed by atoms with E-state index in [0.717, 1.165) is 45.0 Å². The largest absolute Gasteiger partial charge is 0.377 e. The molecule has 0 aromatic carbocycles. The van der Waals surface area contributed by atoms with Gasteiger partial charge in [0.15, 0.2) is 0 Å². The highest BCUT2D eigenvalue weighted by Gasteiger charge is 2.18. The van der Waals surface area contributed by atoms with E-state index in [1.807, 2.05) is 4.90 Å². The molecule has 2 heterocycles. The van der Waals surface area contributed by atoms with Crippen LogP contribution in [0.25, 0.3) is 0 Å². The lowest BCUT2D eigenvalue weighted by Gasteiger charge is -2.27. The molecule has 2 fully saturated rings. The fourth-order valence-electron chi connectivity index (χ4n) is 2.22. The molecule has 4 nitrogen and oxygen atoms in total. The highest BCUT2D eigenvalue weighted by Crippen LogP contribution is 2.17. The molecule has 1 N–H and O–H groups in total. The van der Waals surface area contributed by atoms with Crippen LogP contribution >= 0.6 is 24.2 Å². The van der Waals surface area contributed by atoms with Crippen LogP contribution in [-0.4, -0.2) is 61.2 Å². The summed E-state index contributed by atoms with van der Waals surface area (Å²) in [4.78, 5) is 13.8. The first-order valence-corrected chi connectivity index (χ1v) is 7.69. The van der Waals surface area contributed by atoms with Crippen molar-refractivity contribution in [3.8, 4) is 0 Å². The lowest BCUT2D eigenvalue weighted by atomic mass is 10.1. The lowest BCUT2D eigenvalue weighted by Crippen LogP contribution is -2.47. The zero-order chi connectivity index (χ0) is 11.9. The van der Waals surface area contributed by atoms with Crippen molar-refractivity contribution in [1.29, 1.82) is 0 Å². The molecule has 0 spiro atoms. The van der Waals surface area contributed by atoms with Crippen molar-refractivity contribution in [2.24, 2.45) is 0 Å². The average molecular weight is 295 g/mol. The molecule has 2 aliphatic rings. The summed E-state index contributed by atoms with van der Waals surface area (Å²) in [7, 11) is 0. The summed E-state index contributed by atoms with van der Waals surface area (Å²) in [6.45, 7) is 4.49. The predicted molar refractivity (Wildman–Crippen MR) is 77.6 cm³/mol. The number of rotatable bonds is 4. The fraction of sp³-hybridized carbons (Fsp3) is 0.917. The Morgan fingerprint density at radius 3 is 2.78 bits per heavy atom. The Morgan fingerprint density at radius 2 is 2.11 bits per heavy atom. The minimum Gasteiger partial charge on any atom is -0.377 e. The summed E-state index contributed by atoms with van der Waals surface area (Å²) in [6.07, 6.45) is 4.01. The fourth-order valence-corrected chi connectivity index (χ4v) is 3.22. The number of nitrogens with zero attached hydrogens (tertiary/aromatic N) is 1.